The van der Waals surface area contributed by atoms with Gasteiger partial charge in [0.25, 0.3) is 0 Å². The Balaban J connectivity index is 0.00000176. The first-order valence-electron chi connectivity index (χ1n) is 5.99. The molecule has 3 heterocycles. The van der Waals surface area contributed by atoms with Gasteiger partial charge in [-0.1, -0.05) is 11.8 Å². The third-order valence-electron chi connectivity index (χ3n) is 3.24. The van der Waals surface area contributed by atoms with Crippen LogP contribution in [0.15, 0.2) is 16.4 Å². The number of β-lactam (4-membered cyclic amide) rings is 1. The number of amides is 1. The normalized spacial score (nSPS) is 23.7. The largest absolute Gasteiger partial charge is 1.00 e. The van der Waals surface area contributed by atoms with Gasteiger partial charge >= 0.3 is 29.6 Å². The molecule has 1 aromatic rings. The zero-order valence-corrected chi connectivity index (χ0v) is 15.6. The molecule has 0 aliphatic carbocycles. The fourth-order valence-corrected chi connectivity index (χ4v) is 4.46. The molecule has 1 unspecified atom stereocenters. The van der Waals surface area contributed by atoms with Crippen LogP contribution in [-0.4, -0.2) is 59.9 Å². The van der Waals surface area contributed by atoms with Gasteiger partial charge in [-0.3, -0.25) is 9.69 Å². The van der Waals surface area contributed by atoms with Crippen molar-refractivity contribution in [2.75, 3.05) is 11.5 Å². The molecule has 9 nitrogen and oxygen atoms in total. The number of fused-ring (bicyclic) bond motifs is 1. The summed E-state index contributed by atoms with van der Waals surface area (Å²) in [5, 5.41) is 22.7. The number of rotatable bonds is 4. The second kappa shape index (κ2) is 6.89. The molecule has 22 heavy (non-hydrogen) atoms. The standard InChI is InChI=1S/C10H12N6O3S2.Na/c1-15-10(12-13-14-15)21-3-4-2-20-8-5(11)7(17)16(8)6(4)9(18)19;/h5,8H,2-3,11H2,1H3,(H,18,19);/q;+1/p-1/t5?,8-;/m0./s1. The van der Waals surface area contributed by atoms with Crippen molar-refractivity contribution in [3.8, 4) is 0 Å². The zero-order valence-electron chi connectivity index (χ0n) is 11.9. The fourth-order valence-electron chi connectivity index (χ4n) is 2.17. The maximum Gasteiger partial charge on any atom is 1.00 e. The molecule has 3 rings (SSSR count). The SMILES string of the molecule is Cn1nnnc1SCC1=C(C(=O)[O-])N2C(=O)C(N)[C@@H]2SC1.[Na+]. The first-order valence-corrected chi connectivity index (χ1v) is 8.03. The monoisotopic (exact) mass is 350 g/mol. The molecule has 1 fully saturated rings. The van der Waals surface area contributed by atoms with Gasteiger partial charge in [-0.05, 0) is 16.0 Å². The molecule has 0 saturated carbocycles. The first-order chi connectivity index (χ1) is 10.0. The number of carbonyl (C=O) groups is 2. The molecule has 12 heteroatoms. The summed E-state index contributed by atoms with van der Waals surface area (Å²) in [6, 6.07) is -0.638. The summed E-state index contributed by atoms with van der Waals surface area (Å²) in [6.07, 6.45) is 0. The molecule has 112 valence electrons. The number of aliphatic carboxylic acids is 1. The van der Waals surface area contributed by atoms with Crippen LogP contribution in [0.2, 0.25) is 0 Å². The number of nitrogens with zero attached hydrogens (tertiary/aromatic N) is 5. The number of carboxylic acid groups (broad SMARTS) is 1. The van der Waals surface area contributed by atoms with E-state index in [1.807, 2.05) is 0 Å². The van der Waals surface area contributed by atoms with E-state index in [1.165, 1.54) is 33.1 Å². The maximum absolute atomic E-state index is 11.8. The van der Waals surface area contributed by atoms with Crippen LogP contribution in [0.1, 0.15) is 0 Å². The van der Waals surface area contributed by atoms with Crippen LogP contribution < -0.4 is 40.4 Å². The van der Waals surface area contributed by atoms with E-state index in [0.717, 1.165) is 0 Å². The van der Waals surface area contributed by atoms with Crippen LogP contribution in [0, 0.1) is 0 Å². The zero-order chi connectivity index (χ0) is 15.1. The van der Waals surface area contributed by atoms with Gasteiger partial charge in [-0.2, -0.15) is 0 Å². The van der Waals surface area contributed by atoms with E-state index in [9.17, 15) is 14.7 Å². The summed E-state index contributed by atoms with van der Waals surface area (Å²) in [7, 11) is 1.69. The summed E-state index contributed by atoms with van der Waals surface area (Å²) >= 11 is 2.76. The van der Waals surface area contributed by atoms with Gasteiger partial charge in [0.05, 0.1) is 11.7 Å². The topological polar surface area (TPSA) is 130 Å². The minimum Gasteiger partial charge on any atom is -0.543 e. The van der Waals surface area contributed by atoms with Crippen molar-refractivity contribution in [1.82, 2.24) is 25.1 Å². The number of nitrogens with two attached hydrogens (primary N) is 1. The van der Waals surface area contributed by atoms with Gasteiger partial charge in [0, 0.05) is 18.6 Å². The number of hydrogen-bond donors (Lipinski definition) is 1. The van der Waals surface area contributed by atoms with Crippen LogP contribution in [0.25, 0.3) is 0 Å². The summed E-state index contributed by atoms with van der Waals surface area (Å²) in [5.74, 6) is -0.874. The molecular formula is C10H11N6NaO3S2. The van der Waals surface area contributed by atoms with Crippen LogP contribution in [0.3, 0.4) is 0 Å². The maximum atomic E-state index is 11.8. The van der Waals surface area contributed by atoms with E-state index in [0.29, 0.717) is 22.2 Å². The van der Waals surface area contributed by atoms with Crippen molar-refractivity contribution in [3.05, 3.63) is 11.3 Å². The quantitative estimate of drug-likeness (QED) is 0.321. The Kier molecular flexibility index (Phi) is 5.56. The third kappa shape index (κ3) is 2.93. The minimum absolute atomic E-state index is 0. The van der Waals surface area contributed by atoms with E-state index in [1.54, 1.807) is 7.05 Å². The van der Waals surface area contributed by atoms with Crippen molar-refractivity contribution in [2.24, 2.45) is 12.8 Å². The molecule has 2 aliphatic rings. The number of tetrazole rings is 1. The molecule has 2 aliphatic heterocycles. The van der Waals surface area contributed by atoms with Crippen molar-refractivity contribution < 1.29 is 44.3 Å². The Hall–Kier alpha value is -0.590. The summed E-state index contributed by atoms with van der Waals surface area (Å²) in [5.41, 5.74) is 6.23. The average molecular weight is 350 g/mol. The number of carbonyl (C=O) groups excluding carboxylic acids is 2. The summed E-state index contributed by atoms with van der Waals surface area (Å²) in [4.78, 5) is 24.4. The van der Waals surface area contributed by atoms with Gasteiger partial charge in [0.15, 0.2) is 0 Å². The molecule has 0 bridgehead atoms. The molecule has 0 aromatic carbocycles. The molecule has 1 saturated heterocycles. The second-order valence-electron chi connectivity index (χ2n) is 4.55. The van der Waals surface area contributed by atoms with Crippen molar-refractivity contribution >= 4 is 35.4 Å². The van der Waals surface area contributed by atoms with Gasteiger partial charge in [-0.15, -0.1) is 16.9 Å². The van der Waals surface area contributed by atoms with Crippen LogP contribution in [-0.2, 0) is 16.6 Å². The Morgan fingerprint density at radius 3 is 2.91 bits per heavy atom. The molecule has 0 spiro atoms. The predicted molar refractivity (Wildman–Crippen MR) is 72.6 cm³/mol. The van der Waals surface area contributed by atoms with E-state index in [-0.39, 0.29) is 46.5 Å². The third-order valence-corrected chi connectivity index (χ3v) is 5.70. The molecule has 1 aromatic heterocycles. The Bertz CT molecular complexity index is 650. The molecule has 0 radical (unpaired) electrons. The van der Waals surface area contributed by atoms with Crippen LogP contribution in [0.4, 0.5) is 0 Å². The van der Waals surface area contributed by atoms with Crippen LogP contribution in [0.5, 0.6) is 0 Å². The number of thioether (sulfide) groups is 2. The van der Waals surface area contributed by atoms with E-state index in [4.69, 9.17) is 5.73 Å². The van der Waals surface area contributed by atoms with Gasteiger partial charge in [-0.25, -0.2) is 4.68 Å². The second-order valence-corrected chi connectivity index (χ2v) is 6.60. The van der Waals surface area contributed by atoms with Gasteiger partial charge in [0.1, 0.15) is 11.4 Å². The molecule has 1 amide bonds. The first kappa shape index (κ1) is 17.8. The van der Waals surface area contributed by atoms with Crippen molar-refractivity contribution in [3.63, 3.8) is 0 Å². The predicted octanol–water partition coefficient (Wildman–Crippen LogP) is -5.45. The molecular weight excluding hydrogens is 339 g/mol. The minimum atomic E-state index is -1.35. The average Bonchev–Trinajstić information content (AvgIpc) is 2.88. The fraction of sp³-hybridized carbons (Fsp3) is 0.500. The summed E-state index contributed by atoms with van der Waals surface area (Å²) in [6.45, 7) is 0. The summed E-state index contributed by atoms with van der Waals surface area (Å²) < 4.78 is 1.49. The van der Waals surface area contributed by atoms with Crippen molar-refractivity contribution in [2.45, 2.75) is 16.6 Å². The van der Waals surface area contributed by atoms with Gasteiger partial charge < -0.3 is 15.6 Å². The number of hydrogen-bond acceptors (Lipinski definition) is 9. The van der Waals surface area contributed by atoms with Crippen LogP contribution >= 0.6 is 23.5 Å². The van der Waals surface area contributed by atoms with Crippen molar-refractivity contribution in [1.29, 1.82) is 0 Å². The van der Waals surface area contributed by atoms with Gasteiger partial charge in [0.2, 0.25) is 11.1 Å². The number of carboxylic acids is 1. The smallest absolute Gasteiger partial charge is 0.543 e. The molecule has 2 N–H and O–H groups in total. The van der Waals surface area contributed by atoms with E-state index < -0.39 is 12.0 Å². The Labute approximate surface area is 156 Å². The number of aromatic nitrogens is 4. The number of aryl methyl sites for hydroxylation is 1. The molecule has 2 atom stereocenters. The van der Waals surface area contributed by atoms with E-state index in [2.05, 4.69) is 15.5 Å². The van der Waals surface area contributed by atoms with E-state index >= 15 is 0 Å². The Morgan fingerprint density at radius 1 is 1.59 bits per heavy atom. The Morgan fingerprint density at radius 2 is 2.32 bits per heavy atom.